The highest BCUT2D eigenvalue weighted by atomic mass is 32.2. The largest absolute Gasteiger partial charge is 0.492 e. The molecular formula is C27H26N4O2S. The van der Waals surface area contributed by atoms with E-state index in [1.165, 1.54) is 11.8 Å². The topological polar surface area (TPSA) is 69.0 Å². The van der Waals surface area contributed by atoms with E-state index < -0.39 is 5.25 Å². The van der Waals surface area contributed by atoms with Crippen molar-refractivity contribution in [1.82, 2.24) is 14.8 Å². The molecule has 0 saturated heterocycles. The number of amides is 1. The molecular weight excluding hydrogens is 444 g/mol. The van der Waals surface area contributed by atoms with E-state index in [-0.39, 0.29) is 5.91 Å². The van der Waals surface area contributed by atoms with Gasteiger partial charge in [0.15, 0.2) is 0 Å². The molecule has 1 atom stereocenters. The number of rotatable bonds is 9. The minimum Gasteiger partial charge on any atom is -0.492 e. The van der Waals surface area contributed by atoms with Crippen LogP contribution >= 0.6 is 11.8 Å². The van der Waals surface area contributed by atoms with E-state index in [1.54, 1.807) is 0 Å². The first-order valence-corrected chi connectivity index (χ1v) is 12.4. The van der Waals surface area contributed by atoms with Crippen LogP contribution in [0.25, 0.3) is 5.69 Å². The average Bonchev–Trinajstić information content (AvgIpc) is 3.64. The minimum absolute atomic E-state index is 0.146. The molecule has 1 amide bonds. The first kappa shape index (κ1) is 22.2. The van der Waals surface area contributed by atoms with Crippen LogP contribution in [0.3, 0.4) is 0 Å². The number of ether oxygens (including phenoxy) is 1. The molecule has 0 spiro atoms. The molecule has 5 rings (SSSR count). The zero-order chi connectivity index (χ0) is 23.3. The number of hydrogen-bond donors (Lipinski definition) is 1. The third-order valence-corrected chi connectivity index (χ3v) is 6.67. The van der Waals surface area contributed by atoms with E-state index >= 15 is 0 Å². The number of carbonyl (C=O) groups excluding carboxylic acids is 1. The lowest BCUT2D eigenvalue weighted by molar-refractivity contribution is -0.115. The Kier molecular flexibility index (Phi) is 6.62. The number of anilines is 1. The van der Waals surface area contributed by atoms with Gasteiger partial charge in [-0.1, -0.05) is 72.4 Å². The normalized spacial score (nSPS) is 13.9. The zero-order valence-corrected chi connectivity index (χ0v) is 19.7. The molecule has 0 unspecified atom stereocenters. The summed E-state index contributed by atoms with van der Waals surface area (Å²) in [6.07, 6.45) is 2.24. The van der Waals surface area contributed by atoms with Gasteiger partial charge in [0.2, 0.25) is 11.1 Å². The average molecular weight is 471 g/mol. The van der Waals surface area contributed by atoms with Crippen LogP contribution in [-0.4, -0.2) is 27.3 Å². The molecule has 3 aromatic carbocycles. The van der Waals surface area contributed by atoms with Crippen LogP contribution in [0, 0.1) is 0 Å². The molecule has 1 aromatic heterocycles. The predicted molar refractivity (Wildman–Crippen MR) is 135 cm³/mol. The van der Waals surface area contributed by atoms with Crippen molar-refractivity contribution in [1.29, 1.82) is 0 Å². The number of nitrogens with one attached hydrogen (secondary N) is 1. The Morgan fingerprint density at radius 2 is 1.71 bits per heavy atom. The van der Waals surface area contributed by atoms with Crippen LogP contribution in [0.1, 0.15) is 42.3 Å². The maximum atomic E-state index is 13.5. The lowest BCUT2D eigenvalue weighted by Crippen LogP contribution is -2.19. The maximum Gasteiger partial charge on any atom is 0.242 e. The van der Waals surface area contributed by atoms with Gasteiger partial charge < -0.3 is 10.1 Å². The third-order valence-electron chi connectivity index (χ3n) is 5.56. The maximum absolute atomic E-state index is 13.5. The molecule has 1 fully saturated rings. The summed E-state index contributed by atoms with van der Waals surface area (Å²) in [5.41, 5.74) is 2.52. The molecule has 0 bridgehead atoms. The van der Waals surface area contributed by atoms with Crippen LogP contribution < -0.4 is 10.1 Å². The van der Waals surface area contributed by atoms with Gasteiger partial charge in [-0.25, -0.2) is 9.67 Å². The van der Waals surface area contributed by atoms with Crippen molar-refractivity contribution in [3.05, 3.63) is 96.3 Å². The van der Waals surface area contributed by atoms with Crippen molar-refractivity contribution < 1.29 is 9.53 Å². The molecule has 34 heavy (non-hydrogen) atoms. The zero-order valence-electron chi connectivity index (χ0n) is 18.9. The number of nitrogens with zero attached hydrogens (tertiary/aromatic N) is 3. The molecule has 1 heterocycles. The molecule has 1 N–H and O–H groups in total. The second-order valence-electron chi connectivity index (χ2n) is 8.10. The van der Waals surface area contributed by atoms with Crippen molar-refractivity contribution in [3.63, 3.8) is 0 Å². The van der Waals surface area contributed by atoms with Gasteiger partial charge >= 0.3 is 0 Å². The summed E-state index contributed by atoms with van der Waals surface area (Å²) >= 11 is 1.37. The highest BCUT2D eigenvalue weighted by Gasteiger charge is 2.32. The van der Waals surface area contributed by atoms with E-state index in [9.17, 15) is 4.79 Å². The molecule has 172 valence electrons. The Labute approximate surface area is 203 Å². The van der Waals surface area contributed by atoms with E-state index in [1.807, 2.05) is 96.5 Å². The van der Waals surface area contributed by atoms with Crippen molar-refractivity contribution in [3.8, 4) is 11.4 Å². The van der Waals surface area contributed by atoms with Crippen LogP contribution in [0.2, 0.25) is 0 Å². The molecule has 0 radical (unpaired) electrons. The fourth-order valence-corrected chi connectivity index (χ4v) is 4.72. The SMILES string of the molecule is CCOc1ccccc1NC(=O)[C@@H](Sc1nc(C2CC2)n(-c2ccccc2)n1)c1ccccc1. The number of aromatic nitrogens is 3. The number of para-hydroxylation sites is 3. The Balaban J connectivity index is 1.45. The van der Waals surface area contributed by atoms with Crippen molar-refractivity contribution >= 4 is 23.4 Å². The number of benzene rings is 3. The Bertz CT molecular complexity index is 1260. The summed E-state index contributed by atoms with van der Waals surface area (Å²) < 4.78 is 7.61. The summed E-state index contributed by atoms with van der Waals surface area (Å²) in [7, 11) is 0. The molecule has 6 nitrogen and oxygen atoms in total. The second kappa shape index (κ2) is 10.1. The first-order chi connectivity index (χ1) is 16.7. The quantitative estimate of drug-likeness (QED) is 0.303. The third kappa shape index (κ3) is 4.99. The predicted octanol–water partition coefficient (Wildman–Crippen LogP) is 6.02. The molecule has 0 aliphatic heterocycles. The van der Waals surface area contributed by atoms with Crippen LogP contribution in [0.5, 0.6) is 5.75 Å². The summed E-state index contributed by atoms with van der Waals surface area (Å²) in [6.45, 7) is 2.45. The van der Waals surface area contributed by atoms with Crippen molar-refractivity contribution in [2.24, 2.45) is 0 Å². The number of hydrogen-bond acceptors (Lipinski definition) is 5. The van der Waals surface area contributed by atoms with Crippen LogP contribution in [-0.2, 0) is 4.79 Å². The van der Waals surface area contributed by atoms with Gasteiger partial charge in [-0.3, -0.25) is 4.79 Å². The monoisotopic (exact) mass is 470 g/mol. The Morgan fingerprint density at radius 1 is 1.03 bits per heavy atom. The Hall–Kier alpha value is -3.58. The number of carbonyl (C=O) groups is 1. The molecule has 1 aliphatic rings. The van der Waals surface area contributed by atoms with Crippen LogP contribution in [0.4, 0.5) is 5.69 Å². The summed E-state index contributed by atoms with van der Waals surface area (Å²) in [5.74, 6) is 1.89. The molecule has 1 saturated carbocycles. The van der Waals surface area contributed by atoms with Gasteiger partial charge in [0.25, 0.3) is 0 Å². The van der Waals surface area contributed by atoms with Gasteiger partial charge in [-0.2, -0.15) is 0 Å². The van der Waals surface area contributed by atoms with Crippen molar-refractivity contribution in [2.75, 3.05) is 11.9 Å². The van der Waals surface area contributed by atoms with E-state index in [2.05, 4.69) is 5.32 Å². The fraction of sp³-hybridized carbons (Fsp3) is 0.222. The van der Waals surface area contributed by atoms with Gasteiger partial charge in [0.05, 0.1) is 18.0 Å². The lowest BCUT2D eigenvalue weighted by atomic mass is 10.1. The second-order valence-corrected chi connectivity index (χ2v) is 9.17. The minimum atomic E-state index is -0.519. The van der Waals surface area contributed by atoms with E-state index in [4.69, 9.17) is 14.8 Å². The summed E-state index contributed by atoms with van der Waals surface area (Å²) in [4.78, 5) is 18.4. The first-order valence-electron chi connectivity index (χ1n) is 11.5. The molecule has 4 aromatic rings. The van der Waals surface area contributed by atoms with Crippen molar-refractivity contribution in [2.45, 2.75) is 36.1 Å². The smallest absolute Gasteiger partial charge is 0.242 e. The molecule has 1 aliphatic carbocycles. The number of thioether (sulfide) groups is 1. The van der Waals surface area contributed by atoms with Gasteiger partial charge in [-0.15, -0.1) is 5.10 Å². The highest BCUT2D eigenvalue weighted by molar-refractivity contribution is 8.00. The standard InChI is InChI=1S/C27H26N4O2S/c1-2-33-23-16-10-9-15-22(23)28-26(32)24(19-11-5-3-6-12-19)34-27-29-25(20-17-18-20)31(30-27)21-13-7-4-8-14-21/h3-16,20,24H,2,17-18H2,1H3,(H,28,32)/t24-/m0/s1. The van der Waals surface area contributed by atoms with Gasteiger partial charge in [0, 0.05) is 5.92 Å². The fourth-order valence-electron chi connectivity index (χ4n) is 3.78. The Morgan fingerprint density at radius 3 is 2.41 bits per heavy atom. The summed E-state index contributed by atoms with van der Waals surface area (Å²) in [5, 5.41) is 7.93. The van der Waals surface area contributed by atoms with Crippen LogP contribution in [0.15, 0.2) is 90.1 Å². The van der Waals surface area contributed by atoms with Gasteiger partial charge in [-0.05, 0) is 49.6 Å². The van der Waals surface area contributed by atoms with E-state index in [0.29, 0.717) is 29.1 Å². The highest BCUT2D eigenvalue weighted by Crippen LogP contribution is 2.42. The lowest BCUT2D eigenvalue weighted by Gasteiger charge is -2.17. The molecule has 7 heteroatoms. The summed E-state index contributed by atoms with van der Waals surface area (Å²) in [6, 6.07) is 27.3. The van der Waals surface area contributed by atoms with Gasteiger partial charge in [0.1, 0.15) is 16.8 Å². The van der Waals surface area contributed by atoms with E-state index in [0.717, 1.165) is 29.9 Å².